The Balaban J connectivity index is 2.81. The summed E-state index contributed by atoms with van der Waals surface area (Å²) in [6, 6.07) is -0.506. The van der Waals surface area contributed by atoms with Crippen LogP contribution in [0.1, 0.15) is 46.5 Å². The molecule has 0 radical (unpaired) electrons. The highest BCUT2D eigenvalue weighted by molar-refractivity contribution is 5.79. The Morgan fingerprint density at radius 1 is 1.28 bits per heavy atom. The second-order valence-electron chi connectivity index (χ2n) is 4.53. The first-order chi connectivity index (χ1) is 8.60. The molecular weight excluding hydrogens is 234 g/mol. The average Bonchev–Trinajstić information content (AvgIpc) is 3.12. The molecule has 18 heavy (non-hydrogen) atoms. The molecule has 0 spiro atoms. The molecule has 1 rings (SSSR count). The van der Waals surface area contributed by atoms with Crippen molar-refractivity contribution < 1.29 is 19.0 Å². The zero-order valence-corrected chi connectivity index (χ0v) is 11.6. The molecule has 1 saturated carbocycles. The molecule has 0 bridgehead atoms. The Morgan fingerprint density at radius 3 is 2.22 bits per heavy atom. The molecule has 0 aromatic rings. The third-order valence-electron chi connectivity index (χ3n) is 2.89. The molecule has 1 aliphatic rings. The van der Waals surface area contributed by atoms with Crippen molar-refractivity contribution in [2.24, 2.45) is 5.73 Å². The first-order valence-corrected chi connectivity index (χ1v) is 6.85. The van der Waals surface area contributed by atoms with Crippen LogP contribution in [0.3, 0.4) is 0 Å². The molecule has 5 nitrogen and oxygen atoms in total. The Morgan fingerprint density at radius 2 is 1.83 bits per heavy atom. The van der Waals surface area contributed by atoms with Crippen molar-refractivity contribution in [2.75, 3.05) is 13.2 Å². The van der Waals surface area contributed by atoms with Gasteiger partial charge in [0.05, 0.1) is 6.04 Å². The smallest absolute Gasteiger partial charge is 0.368 e. The molecule has 5 heteroatoms. The van der Waals surface area contributed by atoms with Crippen LogP contribution in [-0.2, 0) is 19.0 Å². The van der Waals surface area contributed by atoms with Crippen LogP contribution < -0.4 is 5.73 Å². The largest absolute Gasteiger partial charge is 0.458 e. The molecule has 0 unspecified atom stereocenters. The van der Waals surface area contributed by atoms with E-state index in [2.05, 4.69) is 0 Å². The normalized spacial score (nSPS) is 17.6. The van der Waals surface area contributed by atoms with Gasteiger partial charge in [0.2, 0.25) is 0 Å². The predicted octanol–water partition coefficient (Wildman–Crippen LogP) is 1.59. The molecule has 0 saturated heterocycles. The maximum atomic E-state index is 12.3. The minimum absolute atomic E-state index is 0.0200. The van der Waals surface area contributed by atoms with Crippen LogP contribution in [0, 0.1) is 0 Å². The fraction of sp³-hybridized carbons (Fsp3) is 0.923. The maximum absolute atomic E-state index is 12.3. The Hall–Kier alpha value is -0.650. The number of esters is 1. The molecule has 106 valence electrons. The van der Waals surface area contributed by atoms with Gasteiger partial charge in [-0.3, -0.25) is 0 Å². The van der Waals surface area contributed by atoms with Gasteiger partial charge in [0.1, 0.15) is 6.10 Å². The Kier molecular flexibility index (Phi) is 6.05. The van der Waals surface area contributed by atoms with E-state index in [9.17, 15) is 4.79 Å². The van der Waals surface area contributed by atoms with Gasteiger partial charge in [-0.15, -0.1) is 0 Å². The van der Waals surface area contributed by atoms with Gasteiger partial charge in [-0.2, -0.15) is 0 Å². The van der Waals surface area contributed by atoms with E-state index in [1.54, 1.807) is 0 Å². The van der Waals surface area contributed by atoms with Crippen LogP contribution in [0.15, 0.2) is 0 Å². The van der Waals surface area contributed by atoms with E-state index in [1.165, 1.54) is 0 Å². The summed E-state index contributed by atoms with van der Waals surface area (Å²) in [5, 5.41) is 0. The number of carbonyl (C=O) groups excluding carboxylic acids is 1. The van der Waals surface area contributed by atoms with Crippen LogP contribution in [0.5, 0.6) is 0 Å². The topological polar surface area (TPSA) is 70.8 Å². The van der Waals surface area contributed by atoms with Crippen molar-refractivity contribution in [3.8, 4) is 0 Å². The van der Waals surface area contributed by atoms with Crippen molar-refractivity contribution in [1.82, 2.24) is 0 Å². The molecule has 0 aromatic heterocycles. The number of ether oxygens (including phenoxy) is 3. The van der Waals surface area contributed by atoms with Crippen LogP contribution >= 0.6 is 0 Å². The van der Waals surface area contributed by atoms with Crippen molar-refractivity contribution in [2.45, 2.75) is 64.4 Å². The van der Waals surface area contributed by atoms with Gasteiger partial charge in [0.25, 0.3) is 5.79 Å². The van der Waals surface area contributed by atoms with E-state index in [-0.39, 0.29) is 6.10 Å². The summed E-state index contributed by atoms with van der Waals surface area (Å²) in [6.45, 7) is 6.36. The van der Waals surface area contributed by atoms with E-state index >= 15 is 0 Å². The van der Waals surface area contributed by atoms with Crippen LogP contribution in [0.4, 0.5) is 0 Å². The molecule has 0 aromatic carbocycles. The third kappa shape index (κ3) is 3.67. The number of hydrogen-bond acceptors (Lipinski definition) is 5. The fourth-order valence-electron chi connectivity index (χ4n) is 1.87. The maximum Gasteiger partial charge on any atom is 0.368 e. The Bertz CT molecular complexity index is 260. The van der Waals surface area contributed by atoms with Gasteiger partial charge in [0, 0.05) is 13.2 Å². The molecule has 2 N–H and O–H groups in total. The molecule has 0 heterocycles. The van der Waals surface area contributed by atoms with Crippen molar-refractivity contribution in [3.63, 3.8) is 0 Å². The molecule has 1 atom stereocenters. The van der Waals surface area contributed by atoms with Crippen molar-refractivity contribution >= 4 is 5.97 Å². The molecule has 1 fully saturated rings. The van der Waals surface area contributed by atoms with Crippen molar-refractivity contribution in [3.05, 3.63) is 0 Å². The Labute approximate surface area is 109 Å². The summed E-state index contributed by atoms with van der Waals surface area (Å²) < 4.78 is 16.4. The lowest BCUT2D eigenvalue weighted by molar-refractivity contribution is -0.255. The lowest BCUT2D eigenvalue weighted by atomic mass is 10.0. The monoisotopic (exact) mass is 259 g/mol. The number of carbonyl (C=O) groups is 1. The highest BCUT2D eigenvalue weighted by Gasteiger charge is 2.49. The second-order valence-corrected chi connectivity index (χ2v) is 4.53. The predicted molar refractivity (Wildman–Crippen MR) is 68.0 cm³/mol. The van der Waals surface area contributed by atoms with Gasteiger partial charge in [-0.05, 0) is 33.1 Å². The minimum atomic E-state index is -1.44. The third-order valence-corrected chi connectivity index (χ3v) is 2.89. The molecule has 0 amide bonds. The average molecular weight is 259 g/mol. The van der Waals surface area contributed by atoms with Gasteiger partial charge < -0.3 is 19.9 Å². The lowest BCUT2D eigenvalue weighted by Gasteiger charge is -2.35. The van der Waals surface area contributed by atoms with Gasteiger partial charge in [0.15, 0.2) is 0 Å². The lowest BCUT2D eigenvalue weighted by Crippen LogP contribution is -2.58. The number of nitrogens with two attached hydrogens (primary N) is 1. The number of rotatable bonds is 9. The zero-order chi connectivity index (χ0) is 13.6. The summed E-state index contributed by atoms with van der Waals surface area (Å²) in [4.78, 5) is 12.3. The second kappa shape index (κ2) is 7.07. The summed E-state index contributed by atoms with van der Waals surface area (Å²) in [7, 11) is 0. The molecule has 0 aliphatic heterocycles. The van der Waals surface area contributed by atoms with Gasteiger partial charge in [-0.25, -0.2) is 4.79 Å². The van der Waals surface area contributed by atoms with Crippen molar-refractivity contribution in [1.29, 1.82) is 0 Å². The quantitative estimate of drug-likeness (QED) is 0.503. The van der Waals surface area contributed by atoms with E-state index in [4.69, 9.17) is 19.9 Å². The van der Waals surface area contributed by atoms with E-state index in [1.807, 2.05) is 20.8 Å². The highest BCUT2D eigenvalue weighted by atomic mass is 16.7. The summed E-state index contributed by atoms with van der Waals surface area (Å²) in [5.41, 5.74) is 6.08. The van der Waals surface area contributed by atoms with E-state index in [0.29, 0.717) is 19.6 Å². The standard InChI is InChI=1S/C13H25NO4/c1-4-7-11(14)13(16-5-2,17-6-3)12(15)18-10-8-9-10/h10-11H,4-9,14H2,1-3H3/t11-/m0/s1. The van der Waals surface area contributed by atoms with Gasteiger partial charge >= 0.3 is 5.97 Å². The first kappa shape index (κ1) is 15.4. The minimum Gasteiger partial charge on any atom is -0.458 e. The van der Waals surface area contributed by atoms with E-state index in [0.717, 1.165) is 19.3 Å². The summed E-state index contributed by atoms with van der Waals surface area (Å²) in [5.74, 6) is -1.92. The molecular formula is C13H25NO4. The highest BCUT2D eigenvalue weighted by Crippen LogP contribution is 2.29. The fourth-order valence-corrected chi connectivity index (χ4v) is 1.87. The van der Waals surface area contributed by atoms with Gasteiger partial charge in [-0.1, -0.05) is 13.3 Å². The summed E-state index contributed by atoms with van der Waals surface area (Å²) >= 11 is 0. The van der Waals surface area contributed by atoms with E-state index < -0.39 is 17.8 Å². The zero-order valence-electron chi connectivity index (χ0n) is 11.6. The first-order valence-electron chi connectivity index (χ1n) is 6.85. The number of hydrogen-bond donors (Lipinski definition) is 1. The van der Waals surface area contributed by atoms with Crippen LogP contribution in [0.2, 0.25) is 0 Å². The van der Waals surface area contributed by atoms with Crippen LogP contribution in [0.25, 0.3) is 0 Å². The SMILES string of the molecule is CCC[C@H](N)C(OCC)(OCC)C(=O)OC1CC1. The van der Waals surface area contributed by atoms with Crippen LogP contribution in [-0.4, -0.2) is 37.1 Å². The summed E-state index contributed by atoms with van der Waals surface area (Å²) in [6.07, 6.45) is 3.37. The molecule has 1 aliphatic carbocycles.